The minimum Gasteiger partial charge on any atom is -0.397 e. The predicted octanol–water partition coefficient (Wildman–Crippen LogP) is 1.39. The van der Waals surface area contributed by atoms with Crippen LogP contribution in [0.2, 0.25) is 0 Å². The van der Waals surface area contributed by atoms with E-state index >= 15 is 0 Å². The summed E-state index contributed by atoms with van der Waals surface area (Å²) in [6.07, 6.45) is 2.40. The van der Waals surface area contributed by atoms with Gasteiger partial charge in [-0.2, -0.15) is 0 Å². The average Bonchev–Trinajstić information content (AvgIpc) is 2.42. The van der Waals surface area contributed by atoms with Crippen LogP contribution in [0.4, 0.5) is 5.69 Å². The number of rotatable bonds is 1. The summed E-state index contributed by atoms with van der Waals surface area (Å²) in [5.41, 5.74) is 6.18. The summed E-state index contributed by atoms with van der Waals surface area (Å²) in [5.74, 6) is 0.686. The third kappa shape index (κ3) is 1.17. The summed E-state index contributed by atoms with van der Waals surface area (Å²) in [6.45, 7) is 1.80. The van der Waals surface area contributed by atoms with Gasteiger partial charge in [-0.05, 0) is 6.92 Å². The normalized spacial score (nSPS) is 10.5. The number of carbonyl (C=O) groups excluding carboxylic acids is 1. The van der Waals surface area contributed by atoms with E-state index in [1.54, 1.807) is 13.1 Å². The standard InChI is InChI=1S/C8H7N3OS/c1-4-10-2-5-7(9)6(3-12)13-8(5)11-4/h2-3H,9H2,1H3. The molecule has 0 aromatic carbocycles. The molecule has 0 fully saturated rings. The number of anilines is 1. The number of fused-ring (bicyclic) bond motifs is 1. The number of hydrogen-bond donors (Lipinski definition) is 1. The molecular formula is C8H7N3OS. The zero-order valence-electron chi connectivity index (χ0n) is 6.94. The molecule has 2 rings (SSSR count). The Labute approximate surface area is 78.4 Å². The van der Waals surface area contributed by atoms with E-state index in [0.717, 1.165) is 16.5 Å². The highest BCUT2D eigenvalue weighted by Crippen LogP contribution is 2.30. The molecule has 0 saturated carbocycles. The van der Waals surface area contributed by atoms with Crippen LogP contribution in [0.15, 0.2) is 6.20 Å². The fourth-order valence-corrected chi connectivity index (χ4v) is 2.02. The molecule has 13 heavy (non-hydrogen) atoms. The number of carbonyl (C=O) groups is 1. The van der Waals surface area contributed by atoms with Crippen molar-refractivity contribution in [1.29, 1.82) is 0 Å². The van der Waals surface area contributed by atoms with Gasteiger partial charge in [-0.1, -0.05) is 0 Å². The lowest BCUT2D eigenvalue weighted by atomic mass is 10.3. The number of aromatic nitrogens is 2. The molecule has 0 amide bonds. The molecule has 0 unspecified atom stereocenters. The van der Waals surface area contributed by atoms with E-state index in [0.29, 0.717) is 16.4 Å². The summed E-state index contributed by atoms with van der Waals surface area (Å²) < 4.78 is 0. The van der Waals surface area contributed by atoms with Gasteiger partial charge in [0.25, 0.3) is 0 Å². The molecule has 5 heteroatoms. The molecule has 2 aromatic rings. The number of thiophene rings is 1. The van der Waals surface area contributed by atoms with Crippen LogP contribution in [0.1, 0.15) is 15.5 Å². The second-order valence-corrected chi connectivity index (χ2v) is 3.66. The van der Waals surface area contributed by atoms with Gasteiger partial charge in [0.15, 0.2) is 6.29 Å². The second kappa shape index (κ2) is 2.77. The molecule has 2 aromatic heterocycles. The molecule has 0 radical (unpaired) electrons. The summed E-state index contributed by atoms with van der Waals surface area (Å²) in [7, 11) is 0. The first kappa shape index (κ1) is 8.12. The largest absolute Gasteiger partial charge is 0.397 e. The first-order chi connectivity index (χ1) is 6.22. The first-order valence-corrected chi connectivity index (χ1v) is 4.51. The Morgan fingerprint density at radius 2 is 2.38 bits per heavy atom. The molecule has 0 bridgehead atoms. The van der Waals surface area contributed by atoms with E-state index in [1.807, 2.05) is 0 Å². The maximum Gasteiger partial charge on any atom is 0.162 e. The smallest absolute Gasteiger partial charge is 0.162 e. The molecule has 66 valence electrons. The van der Waals surface area contributed by atoms with Crippen molar-refractivity contribution in [2.45, 2.75) is 6.92 Å². The summed E-state index contributed by atoms with van der Waals surface area (Å²) in [6, 6.07) is 0. The van der Waals surface area contributed by atoms with E-state index in [1.165, 1.54) is 11.3 Å². The Hall–Kier alpha value is -1.49. The van der Waals surface area contributed by atoms with Crippen LogP contribution >= 0.6 is 11.3 Å². The molecular weight excluding hydrogens is 186 g/mol. The number of aryl methyl sites for hydroxylation is 1. The third-order valence-electron chi connectivity index (χ3n) is 1.74. The van der Waals surface area contributed by atoms with Gasteiger partial charge < -0.3 is 5.73 Å². The van der Waals surface area contributed by atoms with E-state index in [-0.39, 0.29) is 0 Å². The van der Waals surface area contributed by atoms with Crippen molar-refractivity contribution in [3.8, 4) is 0 Å². The highest BCUT2D eigenvalue weighted by atomic mass is 32.1. The third-order valence-corrected chi connectivity index (χ3v) is 2.78. The van der Waals surface area contributed by atoms with Crippen LogP contribution in [0.3, 0.4) is 0 Å². The van der Waals surface area contributed by atoms with Crippen molar-refractivity contribution in [1.82, 2.24) is 9.97 Å². The van der Waals surface area contributed by atoms with E-state index in [9.17, 15) is 4.79 Å². The van der Waals surface area contributed by atoms with Gasteiger partial charge in [-0.25, -0.2) is 9.97 Å². The fraction of sp³-hybridized carbons (Fsp3) is 0.125. The molecule has 2 heterocycles. The Bertz CT molecular complexity index is 477. The van der Waals surface area contributed by atoms with Crippen molar-refractivity contribution in [3.05, 3.63) is 16.9 Å². The van der Waals surface area contributed by atoms with Gasteiger partial charge >= 0.3 is 0 Å². The van der Waals surface area contributed by atoms with Crippen molar-refractivity contribution in [2.24, 2.45) is 0 Å². The van der Waals surface area contributed by atoms with Crippen LogP contribution in [-0.2, 0) is 0 Å². The minimum atomic E-state index is 0.481. The number of nitrogens with zero attached hydrogens (tertiary/aromatic N) is 2. The quantitative estimate of drug-likeness (QED) is 0.695. The topological polar surface area (TPSA) is 68.9 Å². The Kier molecular flexibility index (Phi) is 1.73. The van der Waals surface area contributed by atoms with Gasteiger partial charge in [-0.3, -0.25) is 4.79 Å². The van der Waals surface area contributed by atoms with Crippen LogP contribution in [0.25, 0.3) is 10.2 Å². The monoisotopic (exact) mass is 193 g/mol. The fourth-order valence-electron chi connectivity index (χ4n) is 1.09. The summed E-state index contributed by atoms with van der Waals surface area (Å²) in [4.78, 5) is 20.0. The second-order valence-electron chi connectivity index (χ2n) is 2.63. The molecule has 0 spiro atoms. The molecule has 0 aliphatic rings. The highest BCUT2D eigenvalue weighted by Gasteiger charge is 2.09. The van der Waals surface area contributed by atoms with E-state index in [2.05, 4.69) is 9.97 Å². The Morgan fingerprint density at radius 1 is 1.62 bits per heavy atom. The molecule has 2 N–H and O–H groups in total. The Morgan fingerprint density at radius 3 is 3.08 bits per heavy atom. The molecule has 0 aliphatic carbocycles. The first-order valence-electron chi connectivity index (χ1n) is 3.69. The lowest BCUT2D eigenvalue weighted by molar-refractivity contribution is 0.112. The summed E-state index contributed by atoms with van der Waals surface area (Å²) in [5, 5.41) is 0.762. The van der Waals surface area contributed by atoms with Crippen LogP contribution in [0, 0.1) is 6.92 Å². The number of nitrogens with two attached hydrogens (primary N) is 1. The highest BCUT2D eigenvalue weighted by molar-refractivity contribution is 7.20. The molecule has 4 nitrogen and oxygen atoms in total. The van der Waals surface area contributed by atoms with Gasteiger partial charge in [0.05, 0.1) is 16.0 Å². The zero-order valence-corrected chi connectivity index (χ0v) is 7.76. The van der Waals surface area contributed by atoms with E-state index < -0.39 is 0 Å². The van der Waals surface area contributed by atoms with Crippen molar-refractivity contribution >= 4 is 33.5 Å². The SMILES string of the molecule is Cc1ncc2c(N)c(C=O)sc2n1. The maximum absolute atomic E-state index is 10.6. The van der Waals surface area contributed by atoms with Gasteiger partial charge in [0.1, 0.15) is 10.7 Å². The van der Waals surface area contributed by atoms with Crippen molar-refractivity contribution < 1.29 is 4.79 Å². The molecule has 0 aliphatic heterocycles. The molecule has 0 atom stereocenters. The van der Waals surface area contributed by atoms with Crippen molar-refractivity contribution in [3.63, 3.8) is 0 Å². The van der Waals surface area contributed by atoms with Crippen molar-refractivity contribution in [2.75, 3.05) is 5.73 Å². The number of nitrogen functional groups attached to an aromatic ring is 1. The van der Waals surface area contributed by atoms with Crippen LogP contribution in [-0.4, -0.2) is 16.3 Å². The summed E-state index contributed by atoms with van der Waals surface area (Å²) >= 11 is 1.29. The Balaban J connectivity index is 2.83. The number of aldehydes is 1. The van der Waals surface area contributed by atoms with E-state index in [4.69, 9.17) is 5.73 Å². The maximum atomic E-state index is 10.6. The lowest BCUT2D eigenvalue weighted by Gasteiger charge is -1.91. The van der Waals surface area contributed by atoms with Crippen LogP contribution < -0.4 is 5.73 Å². The van der Waals surface area contributed by atoms with Gasteiger partial charge in [0.2, 0.25) is 0 Å². The van der Waals surface area contributed by atoms with Crippen LogP contribution in [0.5, 0.6) is 0 Å². The minimum absolute atomic E-state index is 0.481. The lowest BCUT2D eigenvalue weighted by Crippen LogP contribution is -1.89. The van der Waals surface area contributed by atoms with Gasteiger partial charge in [-0.15, -0.1) is 11.3 Å². The average molecular weight is 193 g/mol. The zero-order chi connectivity index (χ0) is 9.42. The van der Waals surface area contributed by atoms with Gasteiger partial charge in [0, 0.05) is 6.20 Å². The number of hydrogen-bond acceptors (Lipinski definition) is 5. The molecule has 0 saturated heterocycles. The predicted molar refractivity (Wildman–Crippen MR) is 52.0 cm³/mol.